The summed E-state index contributed by atoms with van der Waals surface area (Å²) in [4.78, 5) is 11.3. The number of benzene rings is 1. The Morgan fingerprint density at radius 3 is 2.44 bits per heavy atom. The highest BCUT2D eigenvalue weighted by molar-refractivity contribution is 5.82. The Morgan fingerprint density at radius 1 is 1.22 bits per heavy atom. The number of Topliss-reactive ketones (excluding diaryl/α,β-unsaturated/α-hetero) is 1. The van der Waals surface area contributed by atoms with Crippen molar-refractivity contribution < 1.29 is 14.3 Å². The Hall–Kier alpha value is -1.51. The SMILES string of the molecule is CCOc1ccc(C2CC2C(C)=O)cc1OCC. The highest BCUT2D eigenvalue weighted by atomic mass is 16.5. The van der Waals surface area contributed by atoms with Crippen molar-refractivity contribution in [2.75, 3.05) is 13.2 Å². The Bertz CT molecular complexity index is 439. The van der Waals surface area contributed by atoms with Gasteiger partial charge in [0.2, 0.25) is 0 Å². The van der Waals surface area contributed by atoms with Gasteiger partial charge in [-0.3, -0.25) is 4.79 Å². The van der Waals surface area contributed by atoms with Crippen LogP contribution in [0.15, 0.2) is 18.2 Å². The van der Waals surface area contributed by atoms with Gasteiger partial charge in [-0.25, -0.2) is 0 Å². The molecule has 0 aliphatic heterocycles. The third-order valence-electron chi connectivity index (χ3n) is 3.31. The summed E-state index contributed by atoms with van der Waals surface area (Å²) in [6.45, 7) is 6.82. The van der Waals surface area contributed by atoms with Crippen molar-refractivity contribution in [2.45, 2.75) is 33.1 Å². The quantitative estimate of drug-likeness (QED) is 0.775. The fourth-order valence-electron chi connectivity index (χ4n) is 2.31. The van der Waals surface area contributed by atoms with E-state index < -0.39 is 0 Å². The van der Waals surface area contributed by atoms with Crippen LogP contribution in [0, 0.1) is 5.92 Å². The topological polar surface area (TPSA) is 35.5 Å². The summed E-state index contributed by atoms with van der Waals surface area (Å²) in [6, 6.07) is 6.00. The largest absolute Gasteiger partial charge is 0.490 e. The van der Waals surface area contributed by atoms with Crippen LogP contribution in [0.5, 0.6) is 11.5 Å². The lowest BCUT2D eigenvalue weighted by Gasteiger charge is -2.12. The minimum absolute atomic E-state index is 0.206. The first-order valence-corrected chi connectivity index (χ1v) is 6.57. The standard InChI is InChI=1S/C15H20O3/c1-4-17-14-7-6-11(8-15(14)18-5-2)13-9-12(13)10(3)16/h6-8,12-13H,4-5,9H2,1-3H3. The molecule has 2 rings (SSSR count). The molecule has 1 aliphatic carbocycles. The zero-order valence-electron chi connectivity index (χ0n) is 11.2. The highest BCUT2D eigenvalue weighted by Gasteiger charge is 2.41. The predicted molar refractivity (Wildman–Crippen MR) is 70.3 cm³/mol. The van der Waals surface area contributed by atoms with Crippen LogP contribution in [-0.2, 0) is 4.79 Å². The van der Waals surface area contributed by atoms with Gasteiger partial charge < -0.3 is 9.47 Å². The molecule has 3 nitrogen and oxygen atoms in total. The normalized spacial score (nSPS) is 21.5. The van der Waals surface area contributed by atoms with E-state index in [9.17, 15) is 4.79 Å². The molecule has 0 bridgehead atoms. The van der Waals surface area contributed by atoms with Crippen molar-refractivity contribution in [3.63, 3.8) is 0 Å². The monoisotopic (exact) mass is 248 g/mol. The maximum atomic E-state index is 11.3. The maximum Gasteiger partial charge on any atom is 0.161 e. The van der Waals surface area contributed by atoms with Crippen LogP contribution in [0.2, 0.25) is 0 Å². The first kappa shape index (κ1) is 12.9. The molecule has 3 heteroatoms. The van der Waals surface area contributed by atoms with Gasteiger partial charge in [0.1, 0.15) is 5.78 Å². The fraction of sp³-hybridized carbons (Fsp3) is 0.533. The molecule has 0 amide bonds. The smallest absolute Gasteiger partial charge is 0.161 e. The number of ether oxygens (including phenoxy) is 2. The molecule has 1 saturated carbocycles. The number of ketones is 1. The van der Waals surface area contributed by atoms with Crippen LogP contribution in [-0.4, -0.2) is 19.0 Å². The van der Waals surface area contributed by atoms with Gasteiger partial charge in [0.25, 0.3) is 0 Å². The maximum absolute atomic E-state index is 11.3. The van der Waals surface area contributed by atoms with E-state index in [0.717, 1.165) is 17.9 Å². The van der Waals surface area contributed by atoms with E-state index in [-0.39, 0.29) is 11.7 Å². The van der Waals surface area contributed by atoms with E-state index in [0.29, 0.717) is 19.1 Å². The average molecular weight is 248 g/mol. The van der Waals surface area contributed by atoms with Gasteiger partial charge in [0, 0.05) is 5.92 Å². The molecule has 2 atom stereocenters. The Balaban J connectivity index is 2.18. The van der Waals surface area contributed by atoms with E-state index in [1.165, 1.54) is 5.56 Å². The van der Waals surface area contributed by atoms with Crippen LogP contribution >= 0.6 is 0 Å². The second kappa shape index (κ2) is 5.42. The average Bonchev–Trinajstić information content (AvgIpc) is 3.12. The number of hydrogen-bond acceptors (Lipinski definition) is 3. The first-order chi connectivity index (χ1) is 8.67. The molecule has 0 N–H and O–H groups in total. The third-order valence-corrected chi connectivity index (χ3v) is 3.31. The van der Waals surface area contributed by atoms with E-state index in [4.69, 9.17) is 9.47 Å². The molecule has 0 aromatic heterocycles. The van der Waals surface area contributed by atoms with Crippen LogP contribution < -0.4 is 9.47 Å². The summed E-state index contributed by atoms with van der Waals surface area (Å²) in [6.07, 6.45) is 0.967. The van der Waals surface area contributed by atoms with E-state index in [1.54, 1.807) is 6.92 Å². The van der Waals surface area contributed by atoms with Crippen LogP contribution in [0.4, 0.5) is 0 Å². The minimum atomic E-state index is 0.206. The summed E-state index contributed by atoms with van der Waals surface area (Å²) in [5, 5.41) is 0. The van der Waals surface area contributed by atoms with Crippen LogP contribution in [0.1, 0.15) is 38.7 Å². The van der Waals surface area contributed by atoms with E-state index in [2.05, 4.69) is 0 Å². The minimum Gasteiger partial charge on any atom is -0.490 e. The van der Waals surface area contributed by atoms with Gasteiger partial charge in [-0.2, -0.15) is 0 Å². The predicted octanol–water partition coefficient (Wildman–Crippen LogP) is 3.18. The van der Waals surface area contributed by atoms with Gasteiger partial charge >= 0.3 is 0 Å². The second-order valence-electron chi connectivity index (χ2n) is 4.63. The van der Waals surface area contributed by atoms with Crippen LogP contribution in [0.25, 0.3) is 0 Å². The second-order valence-corrected chi connectivity index (χ2v) is 4.63. The van der Waals surface area contributed by atoms with Crippen molar-refractivity contribution >= 4 is 5.78 Å². The van der Waals surface area contributed by atoms with Crippen molar-refractivity contribution in [3.8, 4) is 11.5 Å². The Labute approximate surface area is 108 Å². The molecular weight excluding hydrogens is 228 g/mol. The first-order valence-electron chi connectivity index (χ1n) is 6.57. The zero-order chi connectivity index (χ0) is 13.1. The van der Waals surface area contributed by atoms with Gasteiger partial charge in [-0.05, 0) is 50.8 Å². The molecule has 2 unspecified atom stereocenters. The van der Waals surface area contributed by atoms with Gasteiger partial charge in [-0.15, -0.1) is 0 Å². The summed E-state index contributed by atoms with van der Waals surface area (Å²) in [7, 11) is 0. The van der Waals surface area contributed by atoms with Crippen molar-refractivity contribution in [3.05, 3.63) is 23.8 Å². The molecule has 0 heterocycles. The summed E-state index contributed by atoms with van der Waals surface area (Å²) < 4.78 is 11.1. The van der Waals surface area contributed by atoms with E-state index >= 15 is 0 Å². The molecule has 0 spiro atoms. The summed E-state index contributed by atoms with van der Waals surface area (Å²) in [5.74, 6) is 2.43. The highest BCUT2D eigenvalue weighted by Crippen LogP contribution is 2.49. The van der Waals surface area contributed by atoms with Crippen molar-refractivity contribution in [2.24, 2.45) is 5.92 Å². The molecule has 0 saturated heterocycles. The van der Waals surface area contributed by atoms with Gasteiger partial charge in [0.15, 0.2) is 11.5 Å². The number of rotatable bonds is 6. The Kier molecular flexibility index (Phi) is 3.90. The van der Waals surface area contributed by atoms with Crippen LogP contribution in [0.3, 0.4) is 0 Å². The molecule has 18 heavy (non-hydrogen) atoms. The molecular formula is C15H20O3. The molecule has 0 radical (unpaired) electrons. The lowest BCUT2D eigenvalue weighted by Crippen LogP contribution is -2.00. The molecule has 1 aromatic rings. The van der Waals surface area contributed by atoms with Crippen molar-refractivity contribution in [1.82, 2.24) is 0 Å². The number of carbonyl (C=O) groups excluding carboxylic acids is 1. The van der Waals surface area contributed by atoms with Crippen molar-refractivity contribution in [1.29, 1.82) is 0 Å². The zero-order valence-corrected chi connectivity index (χ0v) is 11.2. The third kappa shape index (κ3) is 2.66. The van der Waals surface area contributed by atoms with Gasteiger partial charge in [-0.1, -0.05) is 6.07 Å². The summed E-state index contributed by atoms with van der Waals surface area (Å²) in [5.41, 5.74) is 1.18. The fourth-order valence-corrected chi connectivity index (χ4v) is 2.31. The lowest BCUT2D eigenvalue weighted by atomic mass is 10.1. The summed E-state index contributed by atoms with van der Waals surface area (Å²) >= 11 is 0. The van der Waals surface area contributed by atoms with E-state index in [1.807, 2.05) is 32.0 Å². The number of carbonyl (C=O) groups is 1. The van der Waals surface area contributed by atoms with Gasteiger partial charge in [0.05, 0.1) is 13.2 Å². The number of hydrogen-bond donors (Lipinski definition) is 0. The lowest BCUT2D eigenvalue weighted by molar-refractivity contribution is -0.118. The Morgan fingerprint density at radius 2 is 1.89 bits per heavy atom. The molecule has 1 aromatic carbocycles. The molecule has 1 fully saturated rings. The molecule has 98 valence electrons. The molecule has 1 aliphatic rings.